The van der Waals surface area contributed by atoms with E-state index >= 15 is 0 Å². The van der Waals surface area contributed by atoms with Crippen molar-refractivity contribution in [2.45, 2.75) is 45.7 Å². The van der Waals surface area contributed by atoms with Crippen LogP contribution in [-0.2, 0) is 4.79 Å². The lowest BCUT2D eigenvalue weighted by Gasteiger charge is -2.29. The molecule has 1 rings (SSSR count). The minimum absolute atomic E-state index is 0.149. The Labute approximate surface area is 89.8 Å². The standard InChI is InChI=1S/C10H19N3O2/c1-10(2,3)7(13-9(11)15)8(14)12-6-4-5-6/h6-7H,4-5H2,1-3H3,(H,12,14)(H3,11,13,15). The predicted molar refractivity (Wildman–Crippen MR) is 57.1 cm³/mol. The summed E-state index contributed by atoms with van der Waals surface area (Å²) in [6.45, 7) is 5.67. The summed E-state index contributed by atoms with van der Waals surface area (Å²) in [7, 11) is 0. The van der Waals surface area contributed by atoms with Crippen molar-refractivity contribution < 1.29 is 9.59 Å². The molecule has 3 amide bonds. The van der Waals surface area contributed by atoms with Crippen molar-refractivity contribution in [2.75, 3.05) is 0 Å². The fraction of sp³-hybridized carbons (Fsp3) is 0.800. The molecule has 0 bridgehead atoms. The van der Waals surface area contributed by atoms with E-state index in [2.05, 4.69) is 10.6 Å². The SMILES string of the molecule is CC(C)(C)C(NC(N)=O)C(=O)NC1CC1. The second-order valence-corrected chi connectivity index (χ2v) is 5.09. The van der Waals surface area contributed by atoms with Gasteiger partial charge in [-0.05, 0) is 18.3 Å². The summed E-state index contributed by atoms with van der Waals surface area (Å²) in [6, 6.07) is -0.950. The Morgan fingerprint density at radius 3 is 2.20 bits per heavy atom. The average molecular weight is 213 g/mol. The lowest BCUT2D eigenvalue weighted by molar-refractivity contribution is -0.125. The highest BCUT2D eigenvalue weighted by atomic mass is 16.2. The van der Waals surface area contributed by atoms with Gasteiger partial charge in [0.25, 0.3) is 0 Å². The smallest absolute Gasteiger partial charge is 0.312 e. The minimum atomic E-state index is -0.666. The molecule has 0 heterocycles. The summed E-state index contributed by atoms with van der Waals surface area (Å²) in [5.74, 6) is -0.149. The van der Waals surface area contributed by atoms with Gasteiger partial charge in [0, 0.05) is 6.04 Å². The van der Waals surface area contributed by atoms with E-state index in [0.717, 1.165) is 12.8 Å². The Morgan fingerprint density at radius 1 is 1.33 bits per heavy atom. The fourth-order valence-electron chi connectivity index (χ4n) is 1.33. The monoisotopic (exact) mass is 213 g/mol. The lowest BCUT2D eigenvalue weighted by atomic mass is 9.86. The summed E-state index contributed by atoms with van der Waals surface area (Å²) in [6.07, 6.45) is 2.05. The zero-order chi connectivity index (χ0) is 11.6. The number of nitrogens with one attached hydrogen (secondary N) is 2. The van der Waals surface area contributed by atoms with Crippen molar-refractivity contribution in [1.29, 1.82) is 0 Å². The van der Waals surface area contributed by atoms with E-state index in [-0.39, 0.29) is 17.4 Å². The highest BCUT2D eigenvalue weighted by Gasteiger charge is 2.35. The zero-order valence-corrected chi connectivity index (χ0v) is 9.46. The highest BCUT2D eigenvalue weighted by Crippen LogP contribution is 2.23. The number of hydrogen-bond donors (Lipinski definition) is 3. The van der Waals surface area contributed by atoms with Crippen LogP contribution in [0.1, 0.15) is 33.6 Å². The van der Waals surface area contributed by atoms with Crippen molar-refractivity contribution in [3.8, 4) is 0 Å². The summed E-state index contributed by atoms with van der Waals surface area (Å²) >= 11 is 0. The number of amides is 3. The highest BCUT2D eigenvalue weighted by molar-refractivity contribution is 5.87. The normalized spacial score (nSPS) is 18.1. The van der Waals surface area contributed by atoms with Crippen LogP contribution in [0.5, 0.6) is 0 Å². The van der Waals surface area contributed by atoms with Crippen molar-refractivity contribution in [1.82, 2.24) is 10.6 Å². The zero-order valence-electron chi connectivity index (χ0n) is 9.46. The Kier molecular flexibility index (Phi) is 3.21. The van der Waals surface area contributed by atoms with Crippen LogP contribution in [-0.4, -0.2) is 24.0 Å². The number of primary amides is 1. The number of urea groups is 1. The molecule has 0 aromatic heterocycles. The van der Waals surface area contributed by atoms with E-state index in [0.29, 0.717) is 0 Å². The molecule has 5 nitrogen and oxygen atoms in total. The fourth-order valence-corrected chi connectivity index (χ4v) is 1.33. The van der Waals surface area contributed by atoms with E-state index < -0.39 is 12.1 Å². The minimum Gasteiger partial charge on any atom is -0.352 e. The van der Waals surface area contributed by atoms with Crippen LogP contribution >= 0.6 is 0 Å². The Hall–Kier alpha value is -1.26. The average Bonchev–Trinajstić information content (AvgIpc) is 2.81. The summed E-state index contributed by atoms with van der Waals surface area (Å²) in [4.78, 5) is 22.6. The van der Waals surface area contributed by atoms with E-state index in [4.69, 9.17) is 5.73 Å². The molecule has 0 aliphatic heterocycles. The molecule has 1 fully saturated rings. The number of rotatable bonds is 3. The number of hydrogen-bond acceptors (Lipinski definition) is 2. The molecule has 1 aliphatic rings. The van der Waals surface area contributed by atoms with Crippen molar-refractivity contribution in [3.05, 3.63) is 0 Å². The molecule has 1 aliphatic carbocycles. The van der Waals surface area contributed by atoms with Gasteiger partial charge in [-0.2, -0.15) is 0 Å². The molecule has 15 heavy (non-hydrogen) atoms. The third-order valence-electron chi connectivity index (χ3n) is 2.34. The van der Waals surface area contributed by atoms with Crippen molar-refractivity contribution in [2.24, 2.45) is 11.1 Å². The maximum Gasteiger partial charge on any atom is 0.312 e. The van der Waals surface area contributed by atoms with Crippen LogP contribution < -0.4 is 16.4 Å². The van der Waals surface area contributed by atoms with Gasteiger partial charge in [-0.15, -0.1) is 0 Å². The second-order valence-electron chi connectivity index (χ2n) is 5.09. The molecule has 4 N–H and O–H groups in total. The van der Waals surface area contributed by atoms with Gasteiger partial charge in [-0.25, -0.2) is 4.79 Å². The first-order valence-electron chi connectivity index (χ1n) is 5.17. The maximum absolute atomic E-state index is 11.8. The maximum atomic E-state index is 11.8. The first-order chi connectivity index (χ1) is 6.80. The van der Waals surface area contributed by atoms with Gasteiger partial charge in [0.15, 0.2) is 0 Å². The largest absolute Gasteiger partial charge is 0.352 e. The quantitative estimate of drug-likeness (QED) is 0.632. The predicted octanol–water partition coefficient (Wildman–Crippen LogP) is 0.348. The van der Waals surface area contributed by atoms with E-state index in [1.54, 1.807) is 0 Å². The molecule has 1 saturated carbocycles. The molecular weight excluding hydrogens is 194 g/mol. The van der Waals surface area contributed by atoms with Gasteiger partial charge in [0.05, 0.1) is 0 Å². The van der Waals surface area contributed by atoms with Crippen LogP contribution in [0, 0.1) is 5.41 Å². The van der Waals surface area contributed by atoms with E-state index in [1.165, 1.54) is 0 Å². The molecule has 5 heteroatoms. The Morgan fingerprint density at radius 2 is 1.87 bits per heavy atom. The third kappa shape index (κ3) is 3.77. The van der Waals surface area contributed by atoms with E-state index in [9.17, 15) is 9.59 Å². The van der Waals surface area contributed by atoms with Gasteiger partial charge in [0.1, 0.15) is 6.04 Å². The van der Waals surface area contributed by atoms with Crippen LogP contribution in [0.2, 0.25) is 0 Å². The van der Waals surface area contributed by atoms with E-state index in [1.807, 2.05) is 20.8 Å². The van der Waals surface area contributed by atoms with Gasteiger partial charge in [-0.3, -0.25) is 4.79 Å². The van der Waals surface area contributed by atoms with Gasteiger partial charge in [0.2, 0.25) is 5.91 Å². The van der Waals surface area contributed by atoms with Gasteiger partial charge < -0.3 is 16.4 Å². The van der Waals surface area contributed by atoms with Crippen LogP contribution in [0.4, 0.5) is 4.79 Å². The van der Waals surface area contributed by atoms with Crippen LogP contribution in [0.3, 0.4) is 0 Å². The molecule has 86 valence electrons. The van der Waals surface area contributed by atoms with Gasteiger partial charge >= 0.3 is 6.03 Å². The summed E-state index contributed by atoms with van der Waals surface area (Å²) in [5, 5.41) is 5.34. The molecule has 0 aromatic rings. The molecule has 0 saturated heterocycles. The molecule has 0 aromatic carbocycles. The Bertz CT molecular complexity index is 266. The van der Waals surface area contributed by atoms with Crippen molar-refractivity contribution in [3.63, 3.8) is 0 Å². The molecular formula is C10H19N3O2. The Balaban J connectivity index is 2.61. The van der Waals surface area contributed by atoms with Crippen LogP contribution in [0.25, 0.3) is 0 Å². The molecule has 1 unspecified atom stereocenters. The van der Waals surface area contributed by atoms with Gasteiger partial charge in [-0.1, -0.05) is 20.8 Å². The lowest BCUT2D eigenvalue weighted by Crippen LogP contribution is -2.55. The second kappa shape index (κ2) is 4.08. The first-order valence-corrected chi connectivity index (χ1v) is 5.17. The number of carbonyl (C=O) groups excluding carboxylic acids is 2. The third-order valence-corrected chi connectivity index (χ3v) is 2.34. The van der Waals surface area contributed by atoms with Crippen molar-refractivity contribution >= 4 is 11.9 Å². The molecule has 1 atom stereocenters. The first kappa shape index (κ1) is 11.8. The molecule has 0 radical (unpaired) electrons. The molecule has 0 spiro atoms. The van der Waals surface area contributed by atoms with Crippen LogP contribution in [0.15, 0.2) is 0 Å². The number of carbonyl (C=O) groups is 2. The number of nitrogens with two attached hydrogens (primary N) is 1. The topological polar surface area (TPSA) is 84.2 Å². The summed E-state index contributed by atoms with van der Waals surface area (Å²) in [5.41, 5.74) is 4.70. The summed E-state index contributed by atoms with van der Waals surface area (Å²) < 4.78 is 0.